The molecule has 0 saturated carbocycles. The first kappa shape index (κ1) is 24.2. The van der Waals surface area contributed by atoms with E-state index in [9.17, 15) is 9.59 Å². The zero-order valence-electron chi connectivity index (χ0n) is 19.7. The van der Waals surface area contributed by atoms with E-state index in [4.69, 9.17) is 18.6 Å². The standard InChI is InChI=1S/C23H36O6Si/c1-14(2)30(15(3)4,16(5)6)29-20-17(11-10-12-19(20)26-9)13-18-21(24)27-23(7,8)28-22(18)25/h10-12,14-16,18H,13H2,1-9H3. The fraction of sp³-hybridized carbons (Fsp3) is 0.652. The Labute approximate surface area is 181 Å². The number of hydrogen-bond acceptors (Lipinski definition) is 6. The van der Waals surface area contributed by atoms with Crippen LogP contribution in [0, 0.1) is 5.92 Å². The summed E-state index contributed by atoms with van der Waals surface area (Å²) in [5.74, 6) is -2.21. The van der Waals surface area contributed by atoms with Crippen molar-refractivity contribution in [2.24, 2.45) is 5.92 Å². The summed E-state index contributed by atoms with van der Waals surface area (Å²) in [4.78, 5) is 25.0. The van der Waals surface area contributed by atoms with Gasteiger partial charge in [-0.3, -0.25) is 9.59 Å². The highest BCUT2D eigenvalue weighted by molar-refractivity contribution is 6.78. The average molecular weight is 437 g/mol. The summed E-state index contributed by atoms with van der Waals surface area (Å²) in [6, 6.07) is 5.56. The molecule has 168 valence electrons. The van der Waals surface area contributed by atoms with Crippen molar-refractivity contribution in [2.75, 3.05) is 7.11 Å². The van der Waals surface area contributed by atoms with Crippen molar-refractivity contribution in [3.8, 4) is 11.5 Å². The van der Waals surface area contributed by atoms with Gasteiger partial charge in [0.15, 0.2) is 11.7 Å². The molecule has 30 heavy (non-hydrogen) atoms. The largest absolute Gasteiger partial charge is 0.540 e. The first-order valence-corrected chi connectivity index (χ1v) is 12.8. The van der Waals surface area contributed by atoms with Crippen LogP contribution in [0.25, 0.3) is 0 Å². The van der Waals surface area contributed by atoms with E-state index in [1.54, 1.807) is 21.0 Å². The Hall–Kier alpha value is -2.02. The minimum atomic E-state index is -2.28. The summed E-state index contributed by atoms with van der Waals surface area (Å²) in [6.45, 7) is 16.3. The number of hydrogen-bond donors (Lipinski definition) is 0. The van der Waals surface area contributed by atoms with Crippen LogP contribution in [-0.4, -0.2) is 33.2 Å². The Morgan fingerprint density at radius 2 is 1.47 bits per heavy atom. The lowest BCUT2D eigenvalue weighted by atomic mass is 9.97. The van der Waals surface area contributed by atoms with Gasteiger partial charge in [-0.2, -0.15) is 0 Å². The molecular formula is C23H36O6Si. The molecule has 6 nitrogen and oxygen atoms in total. The van der Waals surface area contributed by atoms with Crippen LogP contribution in [0.2, 0.25) is 16.6 Å². The van der Waals surface area contributed by atoms with Crippen LogP contribution >= 0.6 is 0 Å². The first-order chi connectivity index (χ1) is 13.9. The van der Waals surface area contributed by atoms with Crippen molar-refractivity contribution in [3.05, 3.63) is 23.8 Å². The van der Waals surface area contributed by atoms with Gasteiger partial charge < -0.3 is 18.6 Å². The molecule has 1 fully saturated rings. The Morgan fingerprint density at radius 1 is 0.967 bits per heavy atom. The zero-order chi connectivity index (χ0) is 22.9. The van der Waals surface area contributed by atoms with Gasteiger partial charge in [-0.05, 0) is 28.3 Å². The highest BCUT2D eigenvalue weighted by atomic mass is 28.4. The van der Waals surface area contributed by atoms with Crippen molar-refractivity contribution in [1.29, 1.82) is 0 Å². The van der Waals surface area contributed by atoms with Crippen molar-refractivity contribution in [2.45, 2.75) is 84.2 Å². The smallest absolute Gasteiger partial charge is 0.323 e. The first-order valence-electron chi connectivity index (χ1n) is 10.7. The molecule has 0 bridgehead atoms. The third-order valence-corrected chi connectivity index (χ3v) is 11.9. The third kappa shape index (κ3) is 4.66. The SMILES string of the molecule is COc1cccc(CC2C(=O)OC(C)(C)OC2=O)c1O[Si](C(C)C)(C(C)C)C(C)C. The number of esters is 2. The van der Waals surface area contributed by atoms with Crippen LogP contribution in [0.4, 0.5) is 0 Å². The molecule has 7 heteroatoms. The van der Waals surface area contributed by atoms with E-state index in [0.29, 0.717) is 28.1 Å². The predicted molar refractivity (Wildman–Crippen MR) is 118 cm³/mol. The number of para-hydroxylation sites is 1. The van der Waals surface area contributed by atoms with E-state index in [-0.39, 0.29) is 6.42 Å². The van der Waals surface area contributed by atoms with Gasteiger partial charge in [-0.25, -0.2) is 0 Å². The number of carbonyl (C=O) groups is 2. The second-order valence-electron chi connectivity index (χ2n) is 9.37. The minimum Gasteiger partial charge on any atom is -0.540 e. The highest BCUT2D eigenvalue weighted by Gasteiger charge is 2.48. The molecule has 0 aliphatic carbocycles. The molecule has 1 saturated heterocycles. The molecule has 1 heterocycles. The normalized spacial score (nSPS) is 17.3. The van der Waals surface area contributed by atoms with Crippen LogP contribution < -0.4 is 9.16 Å². The summed E-state index contributed by atoms with van der Waals surface area (Å²) < 4.78 is 23.1. The second-order valence-corrected chi connectivity index (χ2v) is 14.7. The fourth-order valence-corrected chi connectivity index (χ4v) is 9.95. The molecule has 0 aromatic heterocycles. The zero-order valence-corrected chi connectivity index (χ0v) is 20.7. The van der Waals surface area contributed by atoms with Gasteiger partial charge in [0.05, 0.1) is 7.11 Å². The van der Waals surface area contributed by atoms with E-state index in [1.807, 2.05) is 18.2 Å². The van der Waals surface area contributed by atoms with E-state index >= 15 is 0 Å². The topological polar surface area (TPSA) is 71.1 Å². The summed E-state index contributed by atoms with van der Waals surface area (Å²) in [5.41, 5.74) is 1.83. The van der Waals surface area contributed by atoms with Crippen LogP contribution in [0.1, 0.15) is 61.0 Å². The Morgan fingerprint density at radius 3 is 1.90 bits per heavy atom. The number of cyclic esters (lactones) is 2. The van der Waals surface area contributed by atoms with Gasteiger partial charge in [0.25, 0.3) is 14.1 Å². The van der Waals surface area contributed by atoms with Gasteiger partial charge in [0, 0.05) is 20.3 Å². The van der Waals surface area contributed by atoms with E-state index in [0.717, 1.165) is 5.56 Å². The van der Waals surface area contributed by atoms with Crippen molar-refractivity contribution >= 4 is 20.3 Å². The molecular weight excluding hydrogens is 400 g/mol. The highest BCUT2D eigenvalue weighted by Crippen LogP contribution is 2.46. The van der Waals surface area contributed by atoms with Crippen LogP contribution in [-0.2, 0) is 25.5 Å². The second kappa shape index (κ2) is 9.00. The molecule has 0 amide bonds. The van der Waals surface area contributed by atoms with E-state index in [2.05, 4.69) is 41.5 Å². The van der Waals surface area contributed by atoms with Crippen molar-refractivity contribution in [3.63, 3.8) is 0 Å². The fourth-order valence-electron chi connectivity index (χ4n) is 4.66. The molecule has 1 aromatic carbocycles. The summed E-state index contributed by atoms with van der Waals surface area (Å²) in [6.07, 6.45) is 0.138. The van der Waals surface area contributed by atoms with Crippen molar-refractivity contribution in [1.82, 2.24) is 0 Å². The average Bonchev–Trinajstić information content (AvgIpc) is 2.61. The quantitative estimate of drug-likeness (QED) is 0.315. The van der Waals surface area contributed by atoms with Crippen LogP contribution in [0.5, 0.6) is 11.5 Å². The minimum absolute atomic E-state index is 0.138. The number of benzene rings is 1. The lowest BCUT2D eigenvalue weighted by molar-refractivity contribution is -0.239. The number of rotatable bonds is 8. The number of methoxy groups -OCH3 is 1. The maximum absolute atomic E-state index is 12.5. The molecule has 0 atom stereocenters. The molecule has 1 aliphatic heterocycles. The molecule has 1 aliphatic rings. The van der Waals surface area contributed by atoms with Gasteiger partial charge in [-0.1, -0.05) is 53.7 Å². The molecule has 0 spiro atoms. The Kier molecular flexibility index (Phi) is 7.27. The maximum atomic E-state index is 12.5. The predicted octanol–water partition coefficient (Wildman–Crippen LogP) is 5.24. The molecule has 0 N–H and O–H groups in total. The van der Waals surface area contributed by atoms with Crippen LogP contribution in [0.3, 0.4) is 0 Å². The van der Waals surface area contributed by atoms with Gasteiger partial charge in [0.2, 0.25) is 0 Å². The van der Waals surface area contributed by atoms with Crippen molar-refractivity contribution < 1.29 is 28.2 Å². The molecule has 0 radical (unpaired) electrons. The van der Waals surface area contributed by atoms with Gasteiger partial charge >= 0.3 is 11.9 Å². The monoisotopic (exact) mass is 436 g/mol. The molecule has 1 aromatic rings. The molecule has 2 rings (SSSR count). The lowest BCUT2D eigenvalue weighted by Gasteiger charge is -2.43. The van der Waals surface area contributed by atoms with Gasteiger partial charge in [-0.15, -0.1) is 0 Å². The third-order valence-electron chi connectivity index (χ3n) is 5.95. The Balaban J connectivity index is 2.49. The van der Waals surface area contributed by atoms with Crippen LogP contribution in [0.15, 0.2) is 18.2 Å². The summed E-state index contributed by atoms with van der Waals surface area (Å²) in [5, 5.41) is 0. The number of ether oxygens (including phenoxy) is 3. The maximum Gasteiger partial charge on any atom is 0.323 e. The summed E-state index contributed by atoms with van der Waals surface area (Å²) in [7, 11) is -0.684. The van der Waals surface area contributed by atoms with Gasteiger partial charge in [0.1, 0.15) is 5.75 Å². The van der Waals surface area contributed by atoms with E-state index < -0.39 is 32.0 Å². The van der Waals surface area contributed by atoms with E-state index in [1.165, 1.54) is 0 Å². The Bertz CT molecular complexity index is 742. The summed E-state index contributed by atoms with van der Waals surface area (Å²) >= 11 is 0. The lowest BCUT2D eigenvalue weighted by Crippen LogP contribution is -2.51. The number of carbonyl (C=O) groups excluding carboxylic acids is 2. The molecule has 0 unspecified atom stereocenters.